The Hall–Kier alpha value is -2.84. The van der Waals surface area contributed by atoms with E-state index >= 15 is 0 Å². The molecule has 154 valence electrons. The van der Waals surface area contributed by atoms with E-state index in [0.717, 1.165) is 0 Å². The number of ether oxygens (including phenoxy) is 3. The summed E-state index contributed by atoms with van der Waals surface area (Å²) in [5, 5.41) is 5.14. The first-order valence-corrected chi connectivity index (χ1v) is 9.16. The van der Waals surface area contributed by atoms with Crippen LogP contribution in [0.5, 0.6) is 0 Å². The number of carbonyl (C=O) groups is 4. The van der Waals surface area contributed by atoms with Crippen LogP contribution in [0.25, 0.3) is 0 Å². The second-order valence-corrected chi connectivity index (χ2v) is 6.67. The Kier molecular flexibility index (Phi) is 7.19. The lowest BCUT2D eigenvalue weighted by Crippen LogP contribution is -2.60. The lowest BCUT2D eigenvalue weighted by Gasteiger charge is -2.31. The SMILES string of the molecule is C=CCOC(=O)N[C@@]1(C(=O)NCC(=O)OCC)CC[C@H]2[C@H](C(=O)COC=C)[C@H]21. The van der Waals surface area contributed by atoms with Crippen LogP contribution >= 0.6 is 0 Å². The van der Waals surface area contributed by atoms with Gasteiger partial charge in [-0.25, -0.2) is 4.79 Å². The minimum Gasteiger partial charge on any atom is -0.494 e. The number of fused-ring (bicyclic) bond motifs is 1. The van der Waals surface area contributed by atoms with Crippen LogP contribution in [0.4, 0.5) is 4.79 Å². The molecule has 2 saturated carbocycles. The van der Waals surface area contributed by atoms with Gasteiger partial charge in [-0.2, -0.15) is 0 Å². The van der Waals surface area contributed by atoms with Crippen LogP contribution in [0.15, 0.2) is 25.5 Å². The monoisotopic (exact) mass is 394 g/mol. The van der Waals surface area contributed by atoms with Gasteiger partial charge in [0, 0.05) is 11.8 Å². The molecule has 2 amide bonds. The second kappa shape index (κ2) is 9.38. The van der Waals surface area contributed by atoms with Gasteiger partial charge < -0.3 is 24.8 Å². The van der Waals surface area contributed by atoms with Crippen molar-refractivity contribution in [1.82, 2.24) is 10.6 Å². The Morgan fingerprint density at radius 3 is 2.61 bits per heavy atom. The summed E-state index contributed by atoms with van der Waals surface area (Å²) in [6.45, 7) is 8.24. The average molecular weight is 394 g/mol. The topological polar surface area (TPSA) is 120 Å². The fourth-order valence-corrected chi connectivity index (χ4v) is 3.98. The molecule has 2 fully saturated rings. The molecule has 0 aromatic heterocycles. The van der Waals surface area contributed by atoms with E-state index in [1.165, 1.54) is 12.3 Å². The summed E-state index contributed by atoms with van der Waals surface area (Å²) in [6, 6.07) is 0. The van der Waals surface area contributed by atoms with Gasteiger partial charge in [0.1, 0.15) is 25.3 Å². The summed E-state index contributed by atoms with van der Waals surface area (Å²) in [6.07, 6.45) is 2.73. The molecule has 0 unspecified atom stereocenters. The van der Waals surface area contributed by atoms with Crippen molar-refractivity contribution in [1.29, 1.82) is 0 Å². The lowest BCUT2D eigenvalue weighted by atomic mass is 9.88. The fraction of sp³-hybridized carbons (Fsp3) is 0.579. The van der Waals surface area contributed by atoms with Crippen LogP contribution in [0.2, 0.25) is 0 Å². The number of Topliss-reactive ketones (excluding diaryl/α,β-unsaturated/α-hetero) is 1. The Bertz CT molecular complexity index is 663. The summed E-state index contributed by atoms with van der Waals surface area (Å²) in [5.41, 5.74) is -1.33. The number of esters is 1. The number of nitrogens with one attached hydrogen (secondary N) is 2. The van der Waals surface area contributed by atoms with Crippen molar-refractivity contribution in [3.8, 4) is 0 Å². The zero-order chi connectivity index (χ0) is 20.7. The standard InChI is InChI=1S/C19H26N2O7/c1-4-9-28-18(25)21-19(17(24)20-10-14(23)27-6-3)8-7-12-15(16(12)19)13(22)11-26-5-2/h4-5,12,15-16H,1-2,6-11H2,3H3,(H,20,24)(H,21,25)/t12-,15+,16-,19-/m0/s1. The molecule has 9 nitrogen and oxygen atoms in total. The summed E-state index contributed by atoms with van der Waals surface area (Å²) in [7, 11) is 0. The predicted molar refractivity (Wildman–Crippen MR) is 97.9 cm³/mol. The fourth-order valence-electron chi connectivity index (χ4n) is 3.98. The lowest BCUT2D eigenvalue weighted by molar-refractivity contribution is -0.144. The molecule has 9 heteroatoms. The largest absolute Gasteiger partial charge is 0.494 e. The molecule has 2 N–H and O–H groups in total. The van der Waals surface area contributed by atoms with Crippen LogP contribution < -0.4 is 10.6 Å². The Labute approximate surface area is 163 Å². The smallest absolute Gasteiger partial charge is 0.408 e. The number of amides is 2. The van der Waals surface area contributed by atoms with E-state index in [9.17, 15) is 19.2 Å². The zero-order valence-electron chi connectivity index (χ0n) is 15.9. The van der Waals surface area contributed by atoms with Gasteiger partial charge in [0.25, 0.3) is 0 Å². The zero-order valence-corrected chi connectivity index (χ0v) is 15.9. The Balaban J connectivity index is 2.13. The van der Waals surface area contributed by atoms with Crippen LogP contribution in [-0.2, 0) is 28.6 Å². The molecule has 0 heterocycles. The molecule has 0 spiro atoms. The summed E-state index contributed by atoms with van der Waals surface area (Å²) < 4.78 is 14.7. The summed E-state index contributed by atoms with van der Waals surface area (Å²) >= 11 is 0. The van der Waals surface area contributed by atoms with Crippen molar-refractivity contribution in [2.75, 3.05) is 26.4 Å². The van der Waals surface area contributed by atoms with E-state index in [2.05, 4.69) is 23.8 Å². The highest BCUT2D eigenvalue weighted by Gasteiger charge is 2.71. The van der Waals surface area contributed by atoms with Crippen molar-refractivity contribution >= 4 is 23.8 Å². The first-order valence-electron chi connectivity index (χ1n) is 9.16. The van der Waals surface area contributed by atoms with E-state index in [0.29, 0.717) is 12.8 Å². The maximum absolute atomic E-state index is 12.9. The molecule has 0 bridgehead atoms. The molecule has 2 rings (SSSR count). The highest BCUT2D eigenvalue weighted by molar-refractivity contribution is 5.96. The molecule has 4 atom stereocenters. The van der Waals surface area contributed by atoms with Crippen molar-refractivity contribution in [3.63, 3.8) is 0 Å². The second-order valence-electron chi connectivity index (χ2n) is 6.67. The quantitative estimate of drug-likeness (QED) is 0.301. The Morgan fingerprint density at radius 1 is 1.21 bits per heavy atom. The molecule has 2 aliphatic rings. The molecular weight excluding hydrogens is 368 g/mol. The normalized spacial score (nSPS) is 27.0. The van der Waals surface area contributed by atoms with Gasteiger partial charge in [-0.05, 0) is 25.7 Å². The van der Waals surface area contributed by atoms with Crippen molar-refractivity contribution in [3.05, 3.63) is 25.5 Å². The van der Waals surface area contributed by atoms with Gasteiger partial charge in [-0.1, -0.05) is 19.2 Å². The summed E-state index contributed by atoms with van der Waals surface area (Å²) in [5.74, 6) is -2.10. The minimum absolute atomic E-state index is 0.0179. The highest BCUT2D eigenvalue weighted by Crippen LogP contribution is 2.62. The van der Waals surface area contributed by atoms with Gasteiger partial charge >= 0.3 is 12.1 Å². The number of carbonyl (C=O) groups excluding carboxylic acids is 4. The highest BCUT2D eigenvalue weighted by atomic mass is 16.5. The Morgan fingerprint density at radius 2 is 1.96 bits per heavy atom. The van der Waals surface area contributed by atoms with E-state index in [4.69, 9.17) is 14.2 Å². The van der Waals surface area contributed by atoms with Gasteiger partial charge in [0.2, 0.25) is 5.91 Å². The van der Waals surface area contributed by atoms with Crippen molar-refractivity contribution in [2.45, 2.75) is 25.3 Å². The molecular formula is C19H26N2O7. The van der Waals surface area contributed by atoms with E-state index in [1.54, 1.807) is 6.92 Å². The maximum atomic E-state index is 12.9. The van der Waals surface area contributed by atoms with Gasteiger partial charge in [0.15, 0.2) is 5.78 Å². The van der Waals surface area contributed by atoms with Gasteiger partial charge in [-0.3, -0.25) is 14.4 Å². The molecule has 28 heavy (non-hydrogen) atoms. The van der Waals surface area contributed by atoms with E-state index in [1.807, 2.05) is 0 Å². The molecule has 0 radical (unpaired) electrons. The molecule has 0 aliphatic heterocycles. The first-order chi connectivity index (χ1) is 13.4. The number of hydrogen-bond donors (Lipinski definition) is 2. The van der Waals surface area contributed by atoms with Crippen LogP contribution in [-0.4, -0.2) is 55.7 Å². The maximum Gasteiger partial charge on any atom is 0.408 e. The van der Waals surface area contributed by atoms with Gasteiger partial charge in [0.05, 0.1) is 12.9 Å². The van der Waals surface area contributed by atoms with Crippen LogP contribution in [0, 0.1) is 17.8 Å². The van der Waals surface area contributed by atoms with Crippen molar-refractivity contribution in [2.24, 2.45) is 17.8 Å². The third-order valence-corrected chi connectivity index (χ3v) is 5.09. The van der Waals surface area contributed by atoms with Crippen molar-refractivity contribution < 1.29 is 33.4 Å². The third kappa shape index (κ3) is 4.52. The number of alkyl carbamates (subject to hydrolysis) is 1. The molecule has 0 aromatic rings. The number of hydrogen-bond acceptors (Lipinski definition) is 7. The average Bonchev–Trinajstić information content (AvgIpc) is 3.30. The van der Waals surface area contributed by atoms with E-state index in [-0.39, 0.29) is 44.0 Å². The third-order valence-electron chi connectivity index (χ3n) is 5.09. The summed E-state index contributed by atoms with van der Waals surface area (Å²) in [4.78, 5) is 49.0. The number of ketones is 1. The number of rotatable bonds is 11. The van der Waals surface area contributed by atoms with E-state index < -0.39 is 29.4 Å². The minimum atomic E-state index is -1.33. The van der Waals surface area contributed by atoms with Crippen LogP contribution in [0.1, 0.15) is 19.8 Å². The molecule has 2 aliphatic carbocycles. The first kappa shape index (κ1) is 21.5. The van der Waals surface area contributed by atoms with Gasteiger partial charge in [-0.15, -0.1) is 0 Å². The predicted octanol–water partition coefficient (Wildman–Crippen LogP) is 0.702. The molecule has 0 saturated heterocycles. The van der Waals surface area contributed by atoms with Crippen LogP contribution in [0.3, 0.4) is 0 Å². The molecule has 0 aromatic carbocycles.